The van der Waals surface area contributed by atoms with Gasteiger partial charge in [0, 0.05) is 28.0 Å². The summed E-state index contributed by atoms with van der Waals surface area (Å²) in [7, 11) is 2.23. The number of aromatic nitrogens is 2. The first-order chi connectivity index (χ1) is 11.1. The van der Waals surface area contributed by atoms with Crippen molar-refractivity contribution in [3.05, 3.63) is 28.4 Å². The molecule has 1 aromatic carbocycles. The maximum atomic E-state index is 12.7. The number of carbonyl (C=O) groups excluding carboxylic acids is 1. The summed E-state index contributed by atoms with van der Waals surface area (Å²) in [6.45, 7) is 0. The van der Waals surface area contributed by atoms with Crippen LogP contribution in [0.1, 0.15) is 42.6 Å². The largest absolute Gasteiger partial charge is 0.348 e. The first kappa shape index (κ1) is 15.1. The normalized spacial score (nSPS) is 28.0. The third-order valence-electron chi connectivity index (χ3n) is 5.42. The van der Waals surface area contributed by atoms with E-state index in [1.807, 2.05) is 18.2 Å². The van der Waals surface area contributed by atoms with Crippen molar-refractivity contribution < 1.29 is 4.79 Å². The monoisotopic (exact) mass is 376 g/mol. The summed E-state index contributed by atoms with van der Waals surface area (Å²) in [6.07, 6.45) is 5.91. The SMILES string of the molecule is CN1[C@@H]2CCC[C@H]1C[C@@H](NC(=O)c1n[nH]c3ccc(Br)cc13)C2. The minimum absolute atomic E-state index is 0.0676. The Morgan fingerprint density at radius 2 is 2.09 bits per heavy atom. The highest BCUT2D eigenvalue weighted by molar-refractivity contribution is 9.10. The predicted molar refractivity (Wildman–Crippen MR) is 93.5 cm³/mol. The van der Waals surface area contributed by atoms with Crippen molar-refractivity contribution in [2.75, 3.05) is 7.05 Å². The Labute approximate surface area is 143 Å². The molecule has 2 fully saturated rings. The number of hydrogen-bond acceptors (Lipinski definition) is 3. The second-order valence-electron chi connectivity index (χ2n) is 6.81. The van der Waals surface area contributed by atoms with Gasteiger partial charge >= 0.3 is 0 Å². The van der Waals surface area contributed by atoms with Crippen molar-refractivity contribution in [1.82, 2.24) is 20.4 Å². The van der Waals surface area contributed by atoms with E-state index in [0.29, 0.717) is 17.8 Å². The molecule has 0 saturated carbocycles. The zero-order valence-electron chi connectivity index (χ0n) is 13.2. The molecule has 0 radical (unpaired) electrons. The second-order valence-corrected chi connectivity index (χ2v) is 7.72. The fourth-order valence-corrected chi connectivity index (χ4v) is 4.51. The van der Waals surface area contributed by atoms with Gasteiger partial charge in [-0.25, -0.2) is 0 Å². The molecule has 23 heavy (non-hydrogen) atoms. The van der Waals surface area contributed by atoms with E-state index in [0.717, 1.165) is 28.2 Å². The lowest BCUT2D eigenvalue weighted by Crippen LogP contribution is -2.55. The van der Waals surface area contributed by atoms with E-state index < -0.39 is 0 Å². The zero-order valence-corrected chi connectivity index (χ0v) is 14.8. The van der Waals surface area contributed by atoms with Gasteiger partial charge in [-0.2, -0.15) is 5.10 Å². The zero-order chi connectivity index (χ0) is 16.0. The van der Waals surface area contributed by atoms with E-state index in [-0.39, 0.29) is 11.9 Å². The molecular formula is C17H21BrN4O. The lowest BCUT2D eigenvalue weighted by molar-refractivity contribution is 0.0462. The van der Waals surface area contributed by atoms with Crippen LogP contribution in [0.5, 0.6) is 0 Å². The number of aromatic amines is 1. The predicted octanol–water partition coefficient (Wildman–Crippen LogP) is 3.07. The first-order valence-corrected chi connectivity index (χ1v) is 9.07. The molecule has 2 bridgehead atoms. The highest BCUT2D eigenvalue weighted by Gasteiger charge is 2.36. The van der Waals surface area contributed by atoms with Crippen molar-refractivity contribution >= 4 is 32.7 Å². The molecule has 2 aliphatic heterocycles. The highest BCUT2D eigenvalue weighted by Crippen LogP contribution is 2.32. The van der Waals surface area contributed by atoms with E-state index in [1.165, 1.54) is 19.3 Å². The Morgan fingerprint density at radius 3 is 2.83 bits per heavy atom. The fraction of sp³-hybridized carbons (Fsp3) is 0.529. The van der Waals surface area contributed by atoms with E-state index in [2.05, 4.69) is 43.4 Å². The number of benzene rings is 1. The van der Waals surface area contributed by atoms with Gasteiger partial charge in [-0.15, -0.1) is 0 Å². The van der Waals surface area contributed by atoms with Gasteiger partial charge in [-0.05, 0) is 50.9 Å². The van der Waals surface area contributed by atoms with Gasteiger partial charge in [0.2, 0.25) is 0 Å². The molecule has 2 aliphatic rings. The number of nitrogens with one attached hydrogen (secondary N) is 2. The summed E-state index contributed by atoms with van der Waals surface area (Å²) in [6, 6.07) is 7.30. The molecule has 2 saturated heterocycles. The molecule has 2 aromatic rings. The lowest BCUT2D eigenvalue weighted by atomic mass is 9.82. The molecular weight excluding hydrogens is 356 g/mol. The highest BCUT2D eigenvalue weighted by atomic mass is 79.9. The van der Waals surface area contributed by atoms with Crippen LogP contribution in [0, 0.1) is 0 Å². The van der Waals surface area contributed by atoms with Crippen molar-refractivity contribution in [3.8, 4) is 0 Å². The van der Waals surface area contributed by atoms with Crippen LogP contribution in [0.3, 0.4) is 0 Å². The van der Waals surface area contributed by atoms with Crippen LogP contribution in [0.25, 0.3) is 10.9 Å². The molecule has 5 nitrogen and oxygen atoms in total. The Morgan fingerprint density at radius 1 is 1.35 bits per heavy atom. The average Bonchev–Trinajstić information content (AvgIpc) is 2.91. The molecule has 4 rings (SSSR count). The molecule has 0 aliphatic carbocycles. The van der Waals surface area contributed by atoms with Crippen LogP contribution in [-0.2, 0) is 0 Å². The van der Waals surface area contributed by atoms with Crippen molar-refractivity contribution in [1.29, 1.82) is 0 Å². The topological polar surface area (TPSA) is 61.0 Å². The summed E-state index contributed by atoms with van der Waals surface area (Å²) >= 11 is 3.46. The number of amides is 1. The van der Waals surface area contributed by atoms with Gasteiger partial charge in [-0.1, -0.05) is 22.4 Å². The molecule has 1 aromatic heterocycles. The number of hydrogen-bond donors (Lipinski definition) is 2. The summed E-state index contributed by atoms with van der Waals surface area (Å²) in [5, 5.41) is 11.2. The van der Waals surface area contributed by atoms with Crippen molar-refractivity contribution in [3.63, 3.8) is 0 Å². The molecule has 122 valence electrons. The number of halogens is 1. The number of piperidine rings is 2. The van der Waals surface area contributed by atoms with Crippen molar-refractivity contribution in [2.45, 2.75) is 50.2 Å². The van der Waals surface area contributed by atoms with Gasteiger partial charge in [0.1, 0.15) is 0 Å². The molecule has 2 N–H and O–H groups in total. The standard InChI is InChI=1S/C17H21BrN4O/c1-22-12-3-2-4-13(22)9-11(8-12)19-17(23)16-14-7-10(18)5-6-15(14)20-21-16/h5-7,11-13H,2-4,8-9H2,1H3,(H,19,23)(H,20,21)/t11-,12+,13-. The third-order valence-corrected chi connectivity index (χ3v) is 5.91. The Bertz CT molecular complexity index is 729. The summed E-state index contributed by atoms with van der Waals surface area (Å²) in [5.41, 5.74) is 1.38. The molecule has 6 heteroatoms. The second kappa shape index (κ2) is 5.91. The van der Waals surface area contributed by atoms with Crippen LogP contribution < -0.4 is 5.32 Å². The number of nitrogens with zero attached hydrogens (tertiary/aromatic N) is 2. The molecule has 0 spiro atoms. The van der Waals surface area contributed by atoms with Gasteiger partial charge in [0.05, 0.1) is 5.52 Å². The molecule has 3 heterocycles. The average molecular weight is 377 g/mol. The number of fused-ring (bicyclic) bond motifs is 3. The Hall–Kier alpha value is -1.40. The van der Waals surface area contributed by atoms with Crippen LogP contribution in [-0.4, -0.2) is 46.2 Å². The van der Waals surface area contributed by atoms with Crippen LogP contribution >= 0.6 is 15.9 Å². The van der Waals surface area contributed by atoms with E-state index in [4.69, 9.17) is 0 Å². The maximum Gasteiger partial charge on any atom is 0.272 e. The number of carbonyl (C=O) groups is 1. The quantitative estimate of drug-likeness (QED) is 0.846. The molecule has 1 amide bonds. The van der Waals surface area contributed by atoms with Crippen LogP contribution in [0.2, 0.25) is 0 Å². The van der Waals surface area contributed by atoms with Gasteiger partial charge < -0.3 is 10.2 Å². The van der Waals surface area contributed by atoms with E-state index in [1.54, 1.807) is 0 Å². The lowest BCUT2D eigenvalue weighted by Gasteiger charge is -2.47. The van der Waals surface area contributed by atoms with E-state index >= 15 is 0 Å². The van der Waals surface area contributed by atoms with Crippen LogP contribution in [0.4, 0.5) is 0 Å². The minimum atomic E-state index is -0.0676. The first-order valence-electron chi connectivity index (χ1n) is 8.28. The van der Waals surface area contributed by atoms with Gasteiger partial charge in [-0.3, -0.25) is 9.89 Å². The molecule has 3 atom stereocenters. The van der Waals surface area contributed by atoms with Crippen LogP contribution in [0.15, 0.2) is 22.7 Å². The molecule has 0 unspecified atom stereocenters. The smallest absolute Gasteiger partial charge is 0.272 e. The number of rotatable bonds is 2. The Kier molecular flexibility index (Phi) is 3.89. The minimum Gasteiger partial charge on any atom is -0.348 e. The summed E-state index contributed by atoms with van der Waals surface area (Å²) < 4.78 is 0.953. The fourth-order valence-electron chi connectivity index (χ4n) is 4.15. The van der Waals surface area contributed by atoms with E-state index in [9.17, 15) is 4.79 Å². The summed E-state index contributed by atoms with van der Waals surface area (Å²) in [5.74, 6) is -0.0676. The summed E-state index contributed by atoms with van der Waals surface area (Å²) in [4.78, 5) is 15.2. The van der Waals surface area contributed by atoms with Crippen molar-refractivity contribution in [2.24, 2.45) is 0 Å². The van der Waals surface area contributed by atoms with Gasteiger partial charge in [0.15, 0.2) is 5.69 Å². The Balaban J connectivity index is 1.52. The third kappa shape index (κ3) is 2.78. The number of H-pyrrole nitrogens is 1. The van der Waals surface area contributed by atoms with Gasteiger partial charge in [0.25, 0.3) is 5.91 Å². The maximum absolute atomic E-state index is 12.7.